The zero-order chi connectivity index (χ0) is 19.6. The second-order valence-corrected chi connectivity index (χ2v) is 8.53. The van der Waals surface area contributed by atoms with Gasteiger partial charge < -0.3 is 20.4 Å². The maximum absolute atomic E-state index is 12.8. The number of nitrogens with one attached hydrogen (secondary N) is 1. The fourth-order valence-electron chi connectivity index (χ4n) is 4.57. The first-order chi connectivity index (χ1) is 13.5. The van der Waals surface area contributed by atoms with Crippen molar-refractivity contribution in [2.24, 2.45) is 11.7 Å². The third-order valence-electron chi connectivity index (χ3n) is 6.37. The monoisotopic (exact) mass is 384 g/mol. The molecule has 0 radical (unpaired) electrons. The summed E-state index contributed by atoms with van der Waals surface area (Å²) in [6.07, 6.45) is 6.11. The van der Waals surface area contributed by atoms with E-state index in [1.54, 1.807) is 0 Å². The third-order valence-corrected chi connectivity index (χ3v) is 6.37. The van der Waals surface area contributed by atoms with Gasteiger partial charge in [0.05, 0.1) is 19.1 Å². The first-order valence-corrected chi connectivity index (χ1v) is 10.5. The van der Waals surface area contributed by atoms with E-state index in [0.717, 1.165) is 76.1 Å². The molecule has 1 aromatic carbocycles. The molecule has 1 aliphatic carbocycles. The lowest BCUT2D eigenvalue weighted by molar-refractivity contribution is -0.122. The molecule has 2 aliphatic rings. The van der Waals surface area contributed by atoms with E-state index in [-0.39, 0.29) is 11.8 Å². The average molecular weight is 385 g/mol. The summed E-state index contributed by atoms with van der Waals surface area (Å²) in [5.41, 5.74) is 8.03. The molecular formula is C22H32N4O2. The van der Waals surface area contributed by atoms with E-state index in [9.17, 15) is 4.79 Å². The number of carbonyl (C=O) groups is 1. The van der Waals surface area contributed by atoms with Gasteiger partial charge in [0.2, 0.25) is 5.91 Å². The van der Waals surface area contributed by atoms with Crippen LogP contribution in [-0.2, 0) is 16.1 Å². The minimum atomic E-state index is -0.407. The highest BCUT2D eigenvalue weighted by Crippen LogP contribution is 2.32. The van der Waals surface area contributed by atoms with Gasteiger partial charge in [-0.3, -0.25) is 9.69 Å². The number of aromatic nitrogens is 1. The molecule has 6 nitrogen and oxygen atoms in total. The van der Waals surface area contributed by atoms with E-state index >= 15 is 0 Å². The molecule has 0 spiro atoms. The fraction of sp³-hybridized carbons (Fsp3) is 0.591. The molecule has 2 atom stereocenters. The molecule has 2 aromatic rings. The van der Waals surface area contributed by atoms with E-state index < -0.39 is 5.54 Å². The Kier molecular flexibility index (Phi) is 5.71. The van der Waals surface area contributed by atoms with Gasteiger partial charge in [-0.25, -0.2) is 0 Å². The molecule has 1 saturated heterocycles. The van der Waals surface area contributed by atoms with Gasteiger partial charge in [-0.05, 0) is 44.0 Å². The van der Waals surface area contributed by atoms with E-state index in [0.29, 0.717) is 0 Å². The number of hydrogen-bond donors (Lipinski definition) is 2. The van der Waals surface area contributed by atoms with Crippen molar-refractivity contribution in [2.45, 2.75) is 44.7 Å². The van der Waals surface area contributed by atoms with E-state index in [1.807, 2.05) is 13.0 Å². The minimum absolute atomic E-state index is 0.0517. The summed E-state index contributed by atoms with van der Waals surface area (Å²) in [5, 5.41) is 4.25. The Bertz CT molecular complexity index is 823. The number of nitrogens with zero attached hydrogens (tertiary/aromatic N) is 2. The Morgan fingerprint density at radius 2 is 2.07 bits per heavy atom. The Morgan fingerprint density at radius 1 is 1.25 bits per heavy atom. The molecule has 2 unspecified atom stereocenters. The largest absolute Gasteiger partial charge is 0.379 e. The molecule has 1 saturated carbocycles. The summed E-state index contributed by atoms with van der Waals surface area (Å²) < 4.78 is 7.70. The van der Waals surface area contributed by atoms with Crippen LogP contribution in [0.15, 0.2) is 30.5 Å². The predicted molar refractivity (Wildman–Crippen MR) is 112 cm³/mol. The Morgan fingerprint density at radius 3 is 2.86 bits per heavy atom. The number of fused-ring (bicyclic) bond motifs is 1. The standard InChI is InChI=1S/C22H32N4O2/c1-22(23)8-3-2-4-19(22)21(27)24-18-5-6-20-17(16-18)7-9-26(20)11-10-25-12-14-28-15-13-25/h5-7,9,16,19H,2-4,8,10-15,23H2,1H3,(H,24,27). The van der Waals surface area contributed by atoms with Gasteiger partial charge in [0.1, 0.15) is 0 Å². The van der Waals surface area contributed by atoms with Crippen molar-refractivity contribution in [3.05, 3.63) is 30.5 Å². The fourth-order valence-corrected chi connectivity index (χ4v) is 4.57. The Balaban J connectivity index is 1.41. The van der Waals surface area contributed by atoms with Crippen LogP contribution in [0.25, 0.3) is 10.9 Å². The lowest BCUT2D eigenvalue weighted by atomic mass is 9.74. The van der Waals surface area contributed by atoms with Gasteiger partial charge in [0.25, 0.3) is 0 Å². The van der Waals surface area contributed by atoms with E-state index in [2.05, 4.69) is 39.2 Å². The highest BCUT2D eigenvalue weighted by atomic mass is 16.5. The zero-order valence-corrected chi connectivity index (χ0v) is 16.8. The van der Waals surface area contributed by atoms with Crippen LogP contribution in [0.5, 0.6) is 0 Å². The Labute approximate surface area is 167 Å². The Hall–Kier alpha value is -1.89. The number of benzene rings is 1. The van der Waals surface area contributed by atoms with Crippen LogP contribution in [0.2, 0.25) is 0 Å². The van der Waals surface area contributed by atoms with Gasteiger partial charge in [-0.2, -0.15) is 0 Å². The van der Waals surface area contributed by atoms with Crippen molar-refractivity contribution < 1.29 is 9.53 Å². The first kappa shape index (κ1) is 19.4. The molecule has 6 heteroatoms. The molecule has 2 fully saturated rings. The summed E-state index contributed by atoms with van der Waals surface area (Å²) >= 11 is 0. The second kappa shape index (κ2) is 8.23. The van der Waals surface area contributed by atoms with Gasteiger partial charge in [0.15, 0.2) is 0 Å². The number of amides is 1. The number of morpholine rings is 1. The average Bonchev–Trinajstić information content (AvgIpc) is 3.09. The molecule has 4 rings (SSSR count). The van der Waals surface area contributed by atoms with E-state index in [1.165, 1.54) is 5.52 Å². The normalized spacial score (nSPS) is 26.4. The van der Waals surface area contributed by atoms with Crippen LogP contribution < -0.4 is 11.1 Å². The molecular weight excluding hydrogens is 352 g/mol. The number of anilines is 1. The smallest absolute Gasteiger partial charge is 0.229 e. The number of hydrogen-bond acceptors (Lipinski definition) is 4. The number of rotatable bonds is 5. The summed E-state index contributed by atoms with van der Waals surface area (Å²) in [6.45, 7) is 7.68. The first-order valence-electron chi connectivity index (χ1n) is 10.5. The highest BCUT2D eigenvalue weighted by molar-refractivity contribution is 5.96. The van der Waals surface area contributed by atoms with Crippen LogP contribution in [-0.4, -0.2) is 53.8 Å². The van der Waals surface area contributed by atoms with Crippen molar-refractivity contribution >= 4 is 22.5 Å². The molecule has 1 amide bonds. The van der Waals surface area contributed by atoms with Crippen molar-refractivity contribution in [2.75, 3.05) is 38.2 Å². The van der Waals surface area contributed by atoms with Crippen LogP contribution in [0.3, 0.4) is 0 Å². The molecule has 2 heterocycles. The van der Waals surface area contributed by atoms with Crippen LogP contribution in [0.1, 0.15) is 32.6 Å². The van der Waals surface area contributed by atoms with Gasteiger partial charge in [-0.15, -0.1) is 0 Å². The summed E-state index contributed by atoms with van der Waals surface area (Å²) in [5.74, 6) is -0.0640. The molecule has 3 N–H and O–H groups in total. The lowest BCUT2D eigenvalue weighted by Gasteiger charge is -2.37. The number of carbonyl (C=O) groups excluding carboxylic acids is 1. The molecule has 28 heavy (non-hydrogen) atoms. The lowest BCUT2D eigenvalue weighted by Crippen LogP contribution is -2.51. The van der Waals surface area contributed by atoms with Gasteiger partial charge in [0, 0.05) is 54.5 Å². The van der Waals surface area contributed by atoms with Crippen LogP contribution >= 0.6 is 0 Å². The van der Waals surface area contributed by atoms with Crippen molar-refractivity contribution in [3.8, 4) is 0 Å². The molecule has 0 bridgehead atoms. The molecule has 1 aliphatic heterocycles. The summed E-state index contributed by atoms with van der Waals surface area (Å²) in [7, 11) is 0. The topological polar surface area (TPSA) is 72.5 Å². The zero-order valence-electron chi connectivity index (χ0n) is 16.8. The molecule has 152 valence electrons. The van der Waals surface area contributed by atoms with Crippen molar-refractivity contribution in [1.82, 2.24) is 9.47 Å². The van der Waals surface area contributed by atoms with Crippen molar-refractivity contribution in [1.29, 1.82) is 0 Å². The SMILES string of the molecule is CC1(N)CCCCC1C(=O)Nc1ccc2c(ccn2CCN2CCOCC2)c1. The van der Waals surface area contributed by atoms with Crippen molar-refractivity contribution in [3.63, 3.8) is 0 Å². The van der Waals surface area contributed by atoms with Crippen LogP contribution in [0, 0.1) is 5.92 Å². The highest BCUT2D eigenvalue weighted by Gasteiger charge is 2.37. The van der Waals surface area contributed by atoms with Gasteiger partial charge in [-0.1, -0.05) is 12.8 Å². The maximum atomic E-state index is 12.8. The molecule has 1 aromatic heterocycles. The van der Waals surface area contributed by atoms with Crippen LogP contribution in [0.4, 0.5) is 5.69 Å². The summed E-state index contributed by atoms with van der Waals surface area (Å²) in [4.78, 5) is 15.2. The number of ether oxygens (including phenoxy) is 1. The number of nitrogens with two attached hydrogens (primary N) is 1. The van der Waals surface area contributed by atoms with E-state index in [4.69, 9.17) is 10.5 Å². The van der Waals surface area contributed by atoms with Gasteiger partial charge >= 0.3 is 0 Å². The minimum Gasteiger partial charge on any atom is -0.379 e. The second-order valence-electron chi connectivity index (χ2n) is 8.53. The maximum Gasteiger partial charge on any atom is 0.229 e. The summed E-state index contributed by atoms with van der Waals surface area (Å²) in [6, 6.07) is 8.29. The third kappa shape index (κ3) is 4.24. The quantitative estimate of drug-likeness (QED) is 0.831. The predicted octanol–water partition coefficient (Wildman–Crippen LogP) is 2.82.